The van der Waals surface area contributed by atoms with Gasteiger partial charge >= 0.3 is 0 Å². The fourth-order valence-corrected chi connectivity index (χ4v) is 4.16. The highest BCUT2D eigenvalue weighted by Gasteiger charge is 2.67. The number of hydrogen-bond acceptors (Lipinski definition) is 4. The van der Waals surface area contributed by atoms with Crippen LogP contribution in [0.4, 0.5) is 5.69 Å². The molecule has 3 aliphatic rings. The van der Waals surface area contributed by atoms with E-state index in [0.717, 1.165) is 11.4 Å². The van der Waals surface area contributed by atoms with Gasteiger partial charge in [-0.05, 0) is 38.1 Å². The summed E-state index contributed by atoms with van der Waals surface area (Å²) in [6, 6.07) is 7.39. The summed E-state index contributed by atoms with van der Waals surface area (Å²) in [5.74, 6) is -0.367. The standard InChI is InChI=1S/C19H22N2O4/c1-11(2)20-17(22)15-14-8-9-19(25-14)10-21(18(23)16(15)19)12-4-6-13(24-3)7-5-12/h4-9,11,14-16H,10H2,1-3H3,(H,20,22)/t14-,15+,16-,19-/m1/s1. The summed E-state index contributed by atoms with van der Waals surface area (Å²) in [5, 5.41) is 2.93. The molecule has 25 heavy (non-hydrogen) atoms. The number of hydrogen-bond donors (Lipinski definition) is 1. The van der Waals surface area contributed by atoms with Crippen molar-refractivity contribution >= 4 is 17.5 Å². The van der Waals surface area contributed by atoms with Crippen LogP contribution in [0.15, 0.2) is 36.4 Å². The van der Waals surface area contributed by atoms with Gasteiger partial charge in [-0.1, -0.05) is 12.2 Å². The van der Waals surface area contributed by atoms with E-state index < -0.39 is 17.4 Å². The molecule has 2 amide bonds. The van der Waals surface area contributed by atoms with E-state index in [9.17, 15) is 9.59 Å². The lowest BCUT2D eigenvalue weighted by Gasteiger charge is -2.24. The normalized spacial score (nSPS) is 32.4. The number of rotatable bonds is 4. The van der Waals surface area contributed by atoms with E-state index in [1.807, 2.05) is 50.3 Å². The molecular formula is C19H22N2O4. The van der Waals surface area contributed by atoms with Crippen LogP contribution in [0.5, 0.6) is 5.75 Å². The van der Waals surface area contributed by atoms with E-state index in [0.29, 0.717) is 6.54 Å². The number of benzene rings is 1. The second kappa shape index (κ2) is 5.59. The van der Waals surface area contributed by atoms with Gasteiger partial charge in [0.05, 0.1) is 31.6 Å². The molecule has 0 saturated carbocycles. The number of nitrogens with zero attached hydrogens (tertiary/aromatic N) is 1. The number of amides is 2. The predicted molar refractivity (Wildman–Crippen MR) is 92.3 cm³/mol. The number of methoxy groups -OCH3 is 1. The SMILES string of the molecule is COc1ccc(N2C[C@@]34C=C[C@@H](O3)[C@H](C(=O)NC(C)C)[C@@H]4C2=O)cc1. The van der Waals surface area contributed by atoms with Gasteiger partial charge in [-0.15, -0.1) is 0 Å². The third-order valence-corrected chi connectivity index (χ3v) is 5.22. The molecule has 2 bridgehead atoms. The van der Waals surface area contributed by atoms with Crippen molar-refractivity contribution in [2.75, 3.05) is 18.6 Å². The van der Waals surface area contributed by atoms with E-state index >= 15 is 0 Å². The number of anilines is 1. The van der Waals surface area contributed by atoms with Gasteiger partial charge in [0.25, 0.3) is 0 Å². The maximum atomic E-state index is 13.1. The van der Waals surface area contributed by atoms with Crippen molar-refractivity contribution in [3.05, 3.63) is 36.4 Å². The first-order valence-corrected chi connectivity index (χ1v) is 8.58. The molecule has 2 saturated heterocycles. The molecule has 6 heteroatoms. The molecule has 0 radical (unpaired) electrons. The number of carbonyl (C=O) groups is 2. The molecule has 0 aliphatic carbocycles. The van der Waals surface area contributed by atoms with E-state index in [1.165, 1.54) is 0 Å². The smallest absolute Gasteiger partial charge is 0.234 e. The molecule has 0 aromatic heterocycles. The van der Waals surface area contributed by atoms with E-state index in [4.69, 9.17) is 9.47 Å². The maximum Gasteiger partial charge on any atom is 0.234 e. The van der Waals surface area contributed by atoms with Crippen molar-refractivity contribution in [1.29, 1.82) is 0 Å². The Kier molecular flexibility index (Phi) is 3.61. The summed E-state index contributed by atoms with van der Waals surface area (Å²) in [7, 11) is 1.61. The monoisotopic (exact) mass is 342 g/mol. The van der Waals surface area contributed by atoms with Crippen LogP contribution in [-0.4, -0.2) is 43.2 Å². The summed E-state index contributed by atoms with van der Waals surface area (Å²) >= 11 is 0. The minimum atomic E-state index is -0.694. The van der Waals surface area contributed by atoms with Crippen molar-refractivity contribution in [3.63, 3.8) is 0 Å². The molecule has 1 N–H and O–H groups in total. The van der Waals surface area contributed by atoms with Crippen LogP contribution in [0.25, 0.3) is 0 Å². The number of fused-ring (bicyclic) bond motifs is 1. The van der Waals surface area contributed by atoms with Crippen LogP contribution >= 0.6 is 0 Å². The molecule has 1 aromatic rings. The molecule has 132 valence electrons. The minimum absolute atomic E-state index is 0.0285. The summed E-state index contributed by atoms with van der Waals surface area (Å²) in [5.41, 5.74) is 0.0961. The summed E-state index contributed by atoms with van der Waals surface area (Å²) < 4.78 is 11.3. The lowest BCUT2D eigenvalue weighted by Crippen LogP contribution is -2.45. The van der Waals surface area contributed by atoms with Crippen LogP contribution in [0.2, 0.25) is 0 Å². The molecule has 1 spiro atoms. The highest BCUT2D eigenvalue weighted by molar-refractivity contribution is 6.03. The summed E-state index contributed by atoms with van der Waals surface area (Å²) in [6.45, 7) is 4.26. The minimum Gasteiger partial charge on any atom is -0.497 e. The largest absolute Gasteiger partial charge is 0.497 e. The summed E-state index contributed by atoms with van der Waals surface area (Å²) in [6.07, 6.45) is 3.57. The first-order chi connectivity index (χ1) is 11.9. The van der Waals surface area contributed by atoms with Gasteiger partial charge in [0.15, 0.2) is 0 Å². The first kappa shape index (κ1) is 16.1. The fraction of sp³-hybridized carbons (Fsp3) is 0.474. The fourth-order valence-electron chi connectivity index (χ4n) is 4.16. The molecule has 6 nitrogen and oxygen atoms in total. The van der Waals surface area contributed by atoms with Gasteiger partial charge in [-0.2, -0.15) is 0 Å². The molecule has 4 atom stereocenters. The van der Waals surface area contributed by atoms with Gasteiger partial charge in [0.1, 0.15) is 11.4 Å². The van der Waals surface area contributed by atoms with Crippen molar-refractivity contribution < 1.29 is 19.1 Å². The Morgan fingerprint density at radius 3 is 2.72 bits per heavy atom. The molecule has 4 rings (SSSR count). The molecule has 2 fully saturated rings. The lowest BCUT2D eigenvalue weighted by molar-refractivity contribution is -0.132. The van der Waals surface area contributed by atoms with Crippen LogP contribution in [0.1, 0.15) is 13.8 Å². The van der Waals surface area contributed by atoms with Crippen molar-refractivity contribution in [2.45, 2.75) is 31.6 Å². The highest BCUT2D eigenvalue weighted by atomic mass is 16.5. The van der Waals surface area contributed by atoms with Crippen molar-refractivity contribution in [3.8, 4) is 5.75 Å². The third-order valence-electron chi connectivity index (χ3n) is 5.22. The quantitative estimate of drug-likeness (QED) is 0.842. The second-order valence-corrected chi connectivity index (χ2v) is 7.19. The van der Waals surface area contributed by atoms with Gasteiger partial charge < -0.3 is 19.7 Å². The van der Waals surface area contributed by atoms with E-state index in [-0.39, 0.29) is 24.0 Å². The van der Waals surface area contributed by atoms with Crippen LogP contribution in [0, 0.1) is 11.8 Å². The average molecular weight is 342 g/mol. The Bertz CT molecular complexity index is 742. The van der Waals surface area contributed by atoms with Crippen LogP contribution in [-0.2, 0) is 14.3 Å². The summed E-state index contributed by atoms with van der Waals surface area (Å²) in [4.78, 5) is 27.5. The van der Waals surface area contributed by atoms with E-state index in [2.05, 4.69) is 5.32 Å². The lowest BCUT2D eigenvalue weighted by atomic mass is 9.76. The zero-order valence-corrected chi connectivity index (χ0v) is 14.6. The highest BCUT2D eigenvalue weighted by Crippen LogP contribution is 2.52. The van der Waals surface area contributed by atoms with Gasteiger partial charge in [0.2, 0.25) is 11.8 Å². The Morgan fingerprint density at radius 2 is 2.08 bits per heavy atom. The maximum absolute atomic E-state index is 13.1. The first-order valence-electron chi connectivity index (χ1n) is 8.58. The molecular weight excluding hydrogens is 320 g/mol. The Hall–Kier alpha value is -2.34. The average Bonchev–Trinajstić information content (AvgIpc) is 3.22. The van der Waals surface area contributed by atoms with Gasteiger partial charge in [-0.3, -0.25) is 9.59 Å². The number of carbonyl (C=O) groups excluding carboxylic acids is 2. The number of ether oxygens (including phenoxy) is 2. The van der Waals surface area contributed by atoms with E-state index in [1.54, 1.807) is 12.0 Å². The second-order valence-electron chi connectivity index (χ2n) is 7.19. The molecule has 1 aromatic carbocycles. The predicted octanol–water partition coefficient (Wildman–Crippen LogP) is 1.51. The zero-order chi connectivity index (χ0) is 17.8. The Balaban J connectivity index is 1.64. The topological polar surface area (TPSA) is 67.9 Å². The van der Waals surface area contributed by atoms with Crippen molar-refractivity contribution in [2.24, 2.45) is 11.8 Å². The Morgan fingerprint density at radius 1 is 1.36 bits per heavy atom. The van der Waals surface area contributed by atoms with Gasteiger partial charge in [0, 0.05) is 11.7 Å². The van der Waals surface area contributed by atoms with Gasteiger partial charge in [-0.25, -0.2) is 0 Å². The molecule has 3 heterocycles. The molecule has 3 aliphatic heterocycles. The van der Waals surface area contributed by atoms with Crippen LogP contribution in [0.3, 0.4) is 0 Å². The zero-order valence-electron chi connectivity index (χ0n) is 14.6. The third kappa shape index (κ3) is 2.35. The Labute approximate surface area is 146 Å². The number of nitrogens with one attached hydrogen (secondary N) is 1. The molecule has 0 unspecified atom stereocenters. The van der Waals surface area contributed by atoms with Crippen molar-refractivity contribution in [1.82, 2.24) is 5.32 Å². The van der Waals surface area contributed by atoms with Crippen LogP contribution < -0.4 is 15.0 Å².